The van der Waals surface area contributed by atoms with Gasteiger partial charge in [0.05, 0.1) is 25.9 Å². The number of hydrogen-bond acceptors (Lipinski definition) is 6. The van der Waals surface area contributed by atoms with Crippen molar-refractivity contribution in [3.63, 3.8) is 0 Å². The number of ketones is 1. The Morgan fingerprint density at radius 3 is 2.52 bits per heavy atom. The monoisotopic (exact) mass is 302 g/mol. The van der Waals surface area contributed by atoms with Crippen molar-refractivity contribution >= 4 is 18.0 Å². The Hall–Kier alpha value is -1.31. The number of carbonyl (C=O) groups excluding carboxylic acids is 3. The summed E-state index contributed by atoms with van der Waals surface area (Å²) in [5.41, 5.74) is 0. The van der Waals surface area contributed by atoms with Crippen LogP contribution < -0.4 is 10.6 Å². The van der Waals surface area contributed by atoms with Gasteiger partial charge in [-0.05, 0) is 26.8 Å². The number of Topliss-reactive ketones (excluding diaryl/α,β-unsaturated/α-hetero) is 1. The molecule has 21 heavy (non-hydrogen) atoms. The third-order valence-corrected chi connectivity index (χ3v) is 2.66. The zero-order valence-corrected chi connectivity index (χ0v) is 12.9. The van der Waals surface area contributed by atoms with Crippen LogP contribution in [0.1, 0.15) is 26.2 Å². The molecule has 7 nitrogen and oxygen atoms in total. The van der Waals surface area contributed by atoms with Gasteiger partial charge in [-0.25, -0.2) is 0 Å². The first-order chi connectivity index (χ1) is 10.1. The molecule has 0 aromatic heterocycles. The van der Waals surface area contributed by atoms with Crippen LogP contribution in [0.15, 0.2) is 0 Å². The van der Waals surface area contributed by atoms with Gasteiger partial charge in [-0.15, -0.1) is 0 Å². The molecule has 0 rings (SSSR count). The maximum absolute atomic E-state index is 11.5. The molecule has 0 aliphatic rings. The topological polar surface area (TPSA) is 93.7 Å². The van der Waals surface area contributed by atoms with Gasteiger partial charge in [-0.3, -0.25) is 4.79 Å². The Morgan fingerprint density at radius 2 is 1.90 bits per heavy atom. The smallest absolute Gasteiger partial charge is 0.246 e. The SMILES string of the molecule is CNCCOCCOCC(=O)NC(C=O)CCCC(C)=O. The first-order valence-electron chi connectivity index (χ1n) is 7.14. The molecule has 0 aliphatic carbocycles. The van der Waals surface area contributed by atoms with Gasteiger partial charge in [-0.2, -0.15) is 0 Å². The number of carbonyl (C=O) groups is 3. The molecule has 0 fully saturated rings. The number of amides is 1. The standard InChI is InChI=1S/C14H26N2O5/c1-12(18)4-3-5-13(10-17)16-14(19)11-21-9-8-20-7-6-15-2/h10,13,15H,3-9,11H2,1-2H3,(H,16,19). The average Bonchev–Trinajstić information content (AvgIpc) is 2.44. The summed E-state index contributed by atoms with van der Waals surface area (Å²) in [6, 6.07) is -0.563. The Labute approximate surface area is 125 Å². The number of rotatable bonds is 14. The molecule has 0 aliphatic heterocycles. The molecule has 0 saturated heterocycles. The second-order valence-corrected chi connectivity index (χ2v) is 4.67. The molecule has 0 saturated carbocycles. The lowest BCUT2D eigenvalue weighted by Crippen LogP contribution is -2.38. The summed E-state index contributed by atoms with van der Waals surface area (Å²) in [5.74, 6) is -0.266. The van der Waals surface area contributed by atoms with E-state index in [0.717, 1.165) is 6.54 Å². The van der Waals surface area contributed by atoms with E-state index in [9.17, 15) is 14.4 Å². The van der Waals surface area contributed by atoms with Crippen molar-refractivity contribution in [3.8, 4) is 0 Å². The highest BCUT2D eigenvalue weighted by molar-refractivity contribution is 5.80. The molecule has 0 radical (unpaired) electrons. The first kappa shape index (κ1) is 19.7. The van der Waals surface area contributed by atoms with Crippen LogP contribution in [0, 0.1) is 0 Å². The fourth-order valence-corrected chi connectivity index (χ4v) is 1.55. The second kappa shape index (κ2) is 13.7. The molecule has 1 atom stereocenters. The van der Waals surface area contributed by atoms with Gasteiger partial charge in [0, 0.05) is 13.0 Å². The molecule has 1 unspecified atom stereocenters. The highest BCUT2D eigenvalue weighted by Crippen LogP contribution is 2.00. The molecule has 2 N–H and O–H groups in total. The molecule has 122 valence electrons. The van der Waals surface area contributed by atoms with Crippen LogP contribution in [0.4, 0.5) is 0 Å². The summed E-state index contributed by atoms with van der Waals surface area (Å²) >= 11 is 0. The number of nitrogens with one attached hydrogen (secondary N) is 2. The summed E-state index contributed by atoms with van der Waals surface area (Å²) in [4.78, 5) is 33.2. The molecule has 7 heteroatoms. The first-order valence-corrected chi connectivity index (χ1v) is 7.14. The largest absolute Gasteiger partial charge is 0.378 e. The molecule has 0 heterocycles. The van der Waals surface area contributed by atoms with E-state index in [4.69, 9.17) is 9.47 Å². The van der Waals surface area contributed by atoms with E-state index in [0.29, 0.717) is 45.4 Å². The third-order valence-electron chi connectivity index (χ3n) is 2.66. The Kier molecular flexibility index (Phi) is 12.8. The fraction of sp³-hybridized carbons (Fsp3) is 0.786. The Morgan fingerprint density at radius 1 is 1.19 bits per heavy atom. The zero-order chi connectivity index (χ0) is 15.9. The van der Waals surface area contributed by atoms with Crippen molar-refractivity contribution < 1.29 is 23.9 Å². The van der Waals surface area contributed by atoms with E-state index in [-0.39, 0.29) is 18.3 Å². The van der Waals surface area contributed by atoms with Crippen LogP contribution in [0.2, 0.25) is 0 Å². The summed E-state index contributed by atoms with van der Waals surface area (Å²) in [6.45, 7) is 3.50. The van der Waals surface area contributed by atoms with E-state index in [1.54, 1.807) is 0 Å². The minimum absolute atomic E-state index is 0.0765. The van der Waals surface area contributed by atoms with Crippen LogP contribution in [-0.4, -0.2) is 64.0 Å². The van der Waals surface area contributed by atoms with E-state index in [1.165, 1.54) is 6.92 Å². The van der Waals surface area contributed by atoms with Crippen LogP contribution in [-0.2, 0) is 23.9 Å². The maximum atomic E-state index is 11.5. The number of aldehydes is 1. The third kappa shape index (κ3) is 13.4. The molecule has 0 spiro atoms. The maximum Gasteiger partial charge on any atom is 0.246 e. The van der Waals surface area contributed by atoms with E-state index in [2.05, 4.69) is 10.6 Å². The normalized spacial score (nSPS) is 11.9. The number of ether oxygens (including phenoxy) is 2. The van der Waals surface area contributed by atoms with Crippen molar-refractivity contribution in [2.45, 2.75) is 32.2 Å². The lowest BCUT2D eigenvalue weighted by atomic mass is 10.1. The van der Waals surface area contributed by atoms with E-state index >= 15 is 0 Å². The molecule has 0 aromatic rings. The fourth-order valence-electron chi connectivity index (χ4n) is 1.55. The summed E-state index contributed by atoms with van der Waals surface area (Å²) in [5, 5.41) is 5.50. The van der Waals surface area contributed by atoms with Gasteiger partial charge in [0.2, 0.25) is 5.91 Å². The van der Waals surface area contributed by atoms with E-state index in [1.807, 2.05) is 7.05 Å². The number of hydrogen-bond donors (Lipinski definition) is 2. The minimum atomic E-state index is -0.563. The van der Waals surface area contributed by atoms with Crippen LogP contribution in [0.3, 0.4) is 0 Å². The molecule has 0 bridgehead atoms. The predicted octanol–water partition coefficient (Wildman–Crippen LogP) is -0.318. The lowest BCUT2D eigenvalue weighted by Gasteiger charge is -2.12. The van der Waals surface area contributed by atoms with Crippen molar-refractivity contribution in [2.75, 3.05) is 40.0 Å². The molecular weight excluding hydrogens is 276 g/mol. The van der Waals surface area contributed by atoms with Gasteiger partial charge in [0.25, 0.3) is 0 Å². The molecular formula is C14H26N2O5. The van der Waals surface area contributed by atoms with Crippen molar-refractivity contribution in [2.24, 2.45) is 0 Å². The highest BCUT2D eigenvalue weighted by Gasteiger charge is 2.11. The van der Waals surface area contributed by atoms with Crippen molar-refractivity contribution in [1.82, 2.24) is 10.6 Å². The highest BCUT2D eigenvalue weighted by atomic mass is 16.5. The lowest BCUT2D eigenvalue weighted by molar-refractivity contribution is -0.128. The minimum Gasteiger partial charge on any atom is -0.378 e. The Balaban J connectivity index is 3.60. The predicted molar refractivity (Wildman–Crippen MR) is 78.1 cm³/mol. The van der Waals surface area contributed by atoms with Gasteiger partial charge in [0.1, 0.15) is 18.7 Å². The summed E-state index contributed by atoms with van der Waals surface area (Å²) in [7, 11) is 1.84. The molecule has 0 aromatic carbocycles. The van der Waals surface area contributed by atoms with Crippen molar-refractivity contribution in [1.29, 1.82) is 0 Å². The van der Waals surface area contributed by atoms with Gasteiger partial charge >= 0.3 is 0 Å². The Bertz CT molecular complexity index is 310. The quantitative estimate of drug-likeness (QED) is 0.337. The number of likely N-dealkylation sites (N-methyl/N-ethyl adjacent to an activating group) is 1. The average molecular weight is 302 g/mol. The van der Waals surface area contributed by atoms with Gasteiger partial charge in [0.15, 0.2) is 0 Å². The van der Waals surface area contributed by atoms with Crippen molar-refractivity contribution in [3.05, 3.63) is 0 Å². The van der Waals surface area contributed by atoms with E-state index < -0.39 is 6.04 Å². The van der Waals surface area contributed by atoms with Gasteiger partial charge < -0.3 is 29.7 Å². The summed E-state index contributed by atoms with van der Waals surface area (Å²) < 4.78 is 10.4. The second-order valence-electron chi connectivity index (χ2n) is 4.67. The van der Waals surface area contributed by atoms with Crippen LogP contribution >= 0.6 is 0 Å². The molecule has 1 amide bonds. The van der Waals surface area contributed by atoms with Gasteiger partial charge in [-0.1, -0.05) is 0 Å². The van der Waals surface area contributed by atoms with Crippen LogP contribution in [0.25, 0.3) is 0 Å². The zero-order valence-electron chi connectivity index (χ0n) is 12.9. The van der Waals surface area contributed by atoms with Crippen LogP contribution in [0.5, 0.6) is 0 Å². The summed E-state index contributed by atoms with van der Waals surface area (Å²) in [6.07, 6.45) is 2.14.